The number of aromatic nitrogens is 5. The van der Waals surface area contributed by atoms with E-state index in [0.717, 1.165) is 16.9 Å². The van der Waals surface area contributed by atoms with E-state index in [2.05, 4.69) is 48.7 Å². The number of carbonyl (C=O) groups excluding carboxylic acids is 1. The summed E-state index contributed by atoms with van der Waals surface area (Å²) >= 11 is 0. The first-order valence-corrected chi connectivity index (χ1v) is 9.04. The Morgan fingerprint density at radius 3 is 2.79 bits per heavy atom. The number of nitrogens with one attached hydrogen (secondary N) is 1. The standard InChI is InChI=1S/C19H23N9O/c1-11(2)28-12(3)25-14-9-24-18(6-15(14)28)26-17-4-5-23-19(27-17)13(7-20)8-22-10-16(21)29/h4-9,11H,10,20H2,1-3H3,(H2,21,29)(H,23,24,26,27). The number of nitrogens with two attached hydrogens (primary N) is 2. The van der Waals surface area contributed by atoms with Gasteiger partial charge in [-0.3, -0.25) is 9.79 Å². The largest absolute Gasteiger partial charge is 0.404 e. The van der Waals surface area contributed by atoms with Gasteiger partial charge in [0.05, 0.1) is 17.3 Å². The smallest absolute Gasteiger partial charge is 0.239 e. The number of aryl methyl sites for hydroxylation is 1. The van der Waals surface area contributed by atoms with E-state index in [4.69, 9.17) is 11.5 Å². The molecule has 0 aliphatic rings. The first-order chi connectivity index (χ1) is 13.9. The number of primary amides is 1. The molecule has 0 unspecified atom stereocenters. The Morgan fingerprint density at radius 1 is 1.31 bits per heavy atom. The lowest BCUT2D eigenvalue weighted by Gasteiger charge is -2.11. The topological polar surface area (TPSA) is 150 Å². The number of anilines is 2. The van der Waals surface area contributed by atoms with Crippen LogP contribution in [0, 0.1) is 6.92 Å². The van der Waals surface area contributed by atoms with Crippen molar-refractivity contribution in [3.05, 3.63) is 42.4 Å². The molecule has 0 spiro atoms. The summed E-state index contributed by atoms with van der Waals surface area (Å²) in [6.45, 7) is 6.06. The summed E-state index contributed by atoms with van der Waals surface area (Å²) in [6.07, 6.45) is 6.06. The van der Waals surface area contributed by atoms with Gasteiger partial charge in [-0.2, -0.15) is 0 Å². The van der Waals surface area contributed by atoms with E-state index in [1.165, 1.54) is 12.4 Å². The molecule has 0 saturated heterocycles. The SMILES string of the molecule is Cc1nc2cnc(Nc3ccnc(C(C=NCC(N)=O)=CN)n3)cc2n1C(C)C. The Kier molecular flexibility index (Phi) is 5.82. The van der Waals surface area contributed by atoms with E-state index in [1.807, 2.05) is 13.0 Å². The Morgan fingerprint density at radius 2 is 2.10 bits per heavy atom. The van der Waals surface area contributed by atoms with Crippen molar-refractivity contribution < 1.29 is 4.79 Å². The normalized spacial score (nSPS) is 12.2. The van der Waals surface area contributed by atoms with E-state index in [0.29, 0.717) is 23.0 Å². The maximum atomic E-state index is 10.8. The molecule has 3 aromatic rings. The number of aliphatic imine (C=N–C) groups is 1. The van der Waals surface area contributed by atoms with Gasteiger partial charge >= 0.3 is 0 Å². The zero-order chi connectivity index (χ0) is 21.0. The summed E-state index contributed by atoms with van der Waals surface area (Å²) < 4.78 is 2.15. The molecule has 0 aliphatic heterocycles. The molecule has 3 heterocycles. The van der Waals surface area contributed by atoms with Gasteiger partial charge in [-0.05, 0) is 26.8 Å². The highest BCUT2D eigenvalue weighted by Gasteiger charge is 2.12. The van der Waals surface area contributed by atoms with E-state index >= 15 is 0 Å². The quantitative estimate of drug-likeness (QED) is 0.517. The molecule has 29 heavy (non-hydrogen) atoms. The number of rotatable bonds is 7. The van der Waals surface area contributed by atoms with Gasteiger partial charge in [-0.1, -0.05) is 0 Å². The second kappa shape index (κ2) is 8.46. The van der Waals surface area contributed by atoms with Crippen molar-refractivity contribution in [3.63, 3.8) is 0 Å². The monoisotopic (exact) mass is 393 g/mol. The van der Waals surface area contributed by atoms with Crippen molar-refractivity contribution in [2.75, 3.05) is 11.9 Å². The minimum Gasteiger partial charge on any atom is -0.404 e. The van der Waals surface area contributed by atoms with Gasteiger partial charge in [0.25, 0.3) is 0 Å². The molecule has 0 aliphatic carbocycles. The number of hydrogen-bond donors (Lipinski definition) is 3. The summed E-state index contributed by atoms with van der Waals surface area (Å²) in [5, 5.41) is 3.18. The lowest BCUT2D eigenvalue weighted by Crippen LogP contribution is -2.14. The Bertz CT molecular complexity index is 1100. The van der Waals surface area contributed by atoms with Gasteiger partial charge in [0, 0.05) is 30.7 Å². The number of nitrogens with zero attached hydrogens (tertiary/aromatic N) is 6. The molecule has 0 saturated carbocycles. The number of amides is 1. The predicted octanol–water partition coefficient (Wildman–Crippen LogP) is 1.71. The average molecular weight is 393 g/mol. The Hall–Kier alpha value is -3.82. The minimum atomic E-state index is -0.536. The maximum absolute atomic E-state index is 10.8. The number of hydrogen-bond acceptors (Lipinski definition) is 8. The van der Waals surface area contributed by atoms with Crippen LogP contribution in [0.5, 0.6) is 0 Å². The van der Waals surface area contributed by atoms with Crippen LogP contribution in [-0.4, -0.2) is 43.2 Å². The van der Waals surface area contributed by atoms with Crippen LogP contribution in [0.2, 0.25) is 0 Å². The van der Waals surface area contributed by atoms with Crippen LogP contribution in [0.15, 0.2) is 35.7 Å². The highest BCUT2D eigenvalue weighted by Crippen LogP contribution is 2.23. The van der Waals surface area contributed by atoms with Crippen molar-refractivity contribution >= 4 is 40.4 Å². The molecule has 0 radical (unpaired) electrons. The maximum Gasteiger partial charge on any atom is 0.239 e. The van der Waals surface area contributed by atoms with Crippen LogP contribution in [0.25, 0.3) is 16.6 Å². The number of carbonyl (C=O) groups is 1. The first-order valence-electron chi connectivity index (χ1n) is 9.04. The number of pyridine rings is 1. The summed E-state index contributed by atoms with van der Waals surface area (Å²) in [7, 11) is 0. The fourth-order valence-corrected chi connectivity index (χ4v) is 2.95. The molecule has 1 amide bonds. The molecule has 0 fully saturated rings. The van der Waals surface area contributed by atoms with Crippen LogP contribution in [0.1, 0.15) is 31.5 Å². The average Bonchev–Trinajstić information content (AvgIpc) is 3.00. The van der Waals surface area contributed by atoms with Crippen molar-refractivity contribution in [2.24, 2.45) is 16.5 Å². The van der Waals surface area contributed by atoms with E-state index in [-0.39, 0.29) is 12.6 Å². The molecule has 150 valence electrons. The van der Waals surface area contributed by atoms with Gasteiger partial charge in [-0.15, -0.1) is 0 Å². The van der Waals surface area contributed by atoms with Crippen molar-refractivity contribution in [1.82, 2.24) is 24.5 Å². The van der Waals surface area contributed by atoms with Gasteiger partial charge in [0.15, 0.2) is 5.82 Å². The fourth-order valence-electron chi connectivity index (χ4n) is 2.95. The molecule has 3 aromatic heterocycles. The molecule has 0 bridgehead atoms. The second-order valence-corrected chi connectivity index (χ2v) is 6.63. The molecule has 0 aromatic carbocycles. The third kappa shape index (κ3) is 4.54. The van der Waals surface area contributed by atoms with E-state index < -0.39 is 5.91 Å². The Labute approximate surface area is 167 Å². The van der Waals surface area contributed by atoms with Crippen molar-refractivity contribution in [1.29, 1.82) is 0 Å². The zero-order valence-corrected chi connectivity index (χ0v) is 16.5. The first kappa shape index (κ1) is 19.9. The molecule has 10 nitrogen and oxygen atoms in total. The Balaban J connectivity index is 1.87. The predicted molar refractivity (Wildman–Crippen MR) is 113 cm³/mol. The van der Waals surface area contributed by atoms with Gasteiger partial charge < -0.3 is 21.4 Å². The zero-order valence-electron chi connectivity index (χ0n) is 16.5. The van der Waals surface area contributed by atoms with Gasteiger partial charge in [-0.25, -0.2) is 19.9 Å². The number of allylic oxidation sites excluding steroid dienone is 1. The van der Waals surface area contributed by atoms with Crippen LogP contribution in [0.3, 0.4) is 0 Å². The molecule has 0 atom stereocenters. The molecule has 3 rings (SSSR count). The summed E-state index contributed by atoms with van der Waals surface area (Å²) in [5.74, 6) is 1.92. The van der Waals surface area contributed by atoms with Crippen LogP contribution in [0.4, 0.5) is 11.6 Å². The van der Waals surface area contributed by atoms with Crippen LogP contribution < -0.4 is 16.8 Å². The lowest BCUT2D eigenvalue weighted by atomic mass is 10.3. The third-order valence-electron chi connectivity index (χ3n) is 4.10. The van der Waals surface area contributed by atoms with E-state index in [9.17, 15) is 4.79 Å². The van der Waals surface area contributed by atoms with Crippen LogP contribution in [-0.2, 0) is 4.79 Å². The fraction of sp³-hybridized carbons (Fsp3) is 0.263. The highest BCUT2D eigenvalue weighted by molar-refractivity contribution is 6.08. The number of imidazole rings is 1. The van der Waals surface area contributed by atoms with Crippen LogP contribution >= 0.6 is 0 Å². The summed E-state index contributed by atoms with van der Waals surface area (Å²) in [4.78, 5) is 32.4. The molecule has 10 heteroatoms. The van der Waals surface area contributed by atoms with Crippen molar-refractivity contribution in [3.8, 4) is 0 Å². The number of fused-ring (bicyclic) bond motifs is 1. The molecular formula is C19H23N9O. The summed E-state index contributed by atoms with van der Waals surface area (Å²) in [5.41, 5.74) is 13.0. The highest BCUT2D eigenvalue weighted by atomic mass is 16.1. The van der Waals surface area contributed by atoms with Gasteiger partial charge in [0.1, 0.15) is 29.5 Å². The molecule has 5 N–H and O–H groups in total. The summed E-state index contributed by atoms with van der Waals surface area (Å²) in [6, 6.07) is 3.93. The third-order valence-corrected chi connectivity index (χ3v) is 4.10. The second-order valence-electron chi connectivity index (χ2n) is 6.63. The molecular weight excluding hydrogens is 370 g/mol. The van der Waals surface area contributed by atoms with E-state index in [1.54, 1.807) is 18.5 Å². The van der Waals surface area contributed by atoms with Crippen molar-refractivity contribution in [2.45, 2.75) is 26.8 Å². The lowest BCUT2D eigenvalue weighted by molar-refractivity contribution is -0.116. The minimum absolute atomic E-state index is 0.137. The van der Waals surface area contributed by atoms with Gasteiger partial charge in [0.2, 0.25) is 5.91 Å².